The van der Waals surface area contributed by atoms with Crippen molar-refractivity contribution in [3.8, 4) is 0 Å². The third kappa shape index (κ3) is 2.35. The second-order valence-electron chi connectivity index (χ2n) is 3.88. The van der Waals surface area contributed by atoms with Gasteiger partial charge >= 0.3 is 0 Å². The summed E-state index contributed by atoms with van der Waals surface area (Å²) in [6.45, 7) is -1.54. The summed E-state index contributed by atoms with van der Waals surface area (Å²) in [5, 5.41) is 13.8. The number of halogens is 3. The molecule has 2 aromatic rings. The summed E-state index contributed by atoms with van der Waals surface area (Å²) in [4.78, 5) is 3.64. The number of hydrogen-bond donors (Lipinski definition) is 1. The van der Waals surface area contributed by atoms with Crippen molar-refractivity contribution in [2.45, 2.75) is 12.1 Å². The summed E-state index contributed by atoms with van der Waals surface area (Å²) in [5.74, 6) is -1.80. The zero-order valence-electron chi connectivity index (χ0n) is 9.22. The molecule has 0 radical (unpaired) electrons. The predicted molar refractivity (Wildman–Crippen MR) is 56.3 cm³/mol. The van der Waals surface area contributed by atoms with E-state index in [1.165, 1.54) is 17.3 Å². The minimum absolute atomic E-state index is 0.313. The molecule has 7 heteroatoms. The van der Waals surface area contributed by atoms with E-state index in [1.807, 2.05) is 0 Å². The summed E-state index contributed by atoms with van der Waals surface area (Å²) >= 11 is 0. The molecule has 0 saturated carbocycles. The topological polar surface area (TPSA) is 50.9 Å². The molecule has 0 aliphatic heterocycles. The summed E-state index contributed by atoms with van der Waals surface area (Å²) in [5.41, 5.74) is -2.42. The van der Waals surface area contributed by atoms with Gasteiger partial charge in [0.05, 0.1) is 6.54 Å². The zero-order valence-corrected chi connectivity index (χ0v) is 9.22. The number of alkyl halides is 1. The number of rotatable bonds is 4. The number of aliphatic hydroxyl groups is 1. The van der Waals surface area contributed by atoms with Gasteiger partial charge in [-0.25, -0.2) is 22.8 Å². The Labute approximate surface area is 101 Å². The molecule has 0 fully saturated rings. The van der Waals surface area contributed by atoms with Gasteiger partial charge in [0.1, 0.15) is 36.6 Å². The Morgan fingerprint density at radius 3 is 2.67 bits per heavy atom. The summed E-state index contributed by atoms with van der Waals surface area (Å²) in [7, 11) is 0. The van der Waals surface area contributed by atoms with Crippen LogP contribution in [0.15, 0.2) is 30.9 Å². The van der Waals surface area contributed by atoms with Crippen molar-refractivity contribution in [2.24, 2.45) is 0 Å². The van der Waals surface area contributed by atoms with E-state index in [0.29, 0.717) is 6.07 Å². The molecular weight excluding hydrogens is 247 g/mol. The largest absolute Gasteiger partial charge is 0.380 e. The lowest BCUT2D eigenvalue weighted by Gasteiger charge is -2.25. The van der Waals surface area contributed by atoms with Crippen LogP contribution in [0.3, 0.4) is 0 Å². The molecule has 96 valence electrons. The fraction of sp³-hybridized carbons (Fsp3) is 0.273. The van der Waals surface area contributed by atoms with Gasteiger partial charge < -0.3 is 5.11 Å². The van der Waals surface area contributed by atoms with Gasteiger partial charge in [-0.15, -0.1) is 0 Å². The molecule has 0 amide bonds. The maximum Gasteiger partial charge on any atom is 0.140 e. The molecule has 0 bridgehead atoms. The highest BCUT2D eigenvalue weighted by Crippen LogP contribution is 2.26. The number of aromatic nitrogens is 3. The molecule has 2 rings (SSSR count). The Hall–Kier alpha value is -1.89. The molecule has 1 heterocycles. The van der Waals surface area contributed by atoms with Crippen LogP contribution in [0.1, 0.15) is 5.56 Å². The van der Waals surface area contributed by atoms with Crippen LogP contribution in [0, 0.1) is 11.6 Å². The lowest BCUT2D eigenvalue weighted by molar-refractivity contribution is -0.0114. The van der Waals surface area contributed by atoms with Crippen molar-refractivity contribution in [3.05, 3.63) is 48.1 Å². The van der Waals surface area contributed by atoms with Gasteiger partial charge in [-0.2, -0.15) is 5.10 Å². The van der Waals surface area contributed by atoms with E-state index < -0.39 is 23.9 Å². The van der Waals surface area contributed by atoms with Gasteiger partial charge in [0, 0.05) is 11.6 Å². The van der Waals surface area contributed by atoms with E-state index in [2.05, 4.69) is 10.1 Å². The van der Waals surface area contributed by atoms with E-state index >= 15 is 0 Å². The van der Waals surface area contributed by atoms with Crippen LogP contribution >= 0.6 is 0 Å². The van der Waals surface area contributed by atoms with Gasteiger partial charge in [0.25, 0.3) is 0 Å². The number of hydrogen-bond acceptors (Lipinski definition) is 3. The summed E-state index contributed by atoms with van der Waals surface area (Å²) in [6, 6.07) is 2.57. The predicted octanol–water partition coefficient (Wildman–Crippen LogP) is 1.41. The summed E-state index contributed by atoms with van der Waals surface area (Å²) in [6.07, 6.45) is 2.47. The molecule has 0 aliphatic carbocycles. The monoisotopic (exact) mass is 257 g/mol. The van der Waals surface area contributed by atoms with Crippen LogP contribution in [0.25, 0.3) is 0 Å². The van der Waals surface area contributed by atoms with E-state index in [1.54, 1.807) is 0 Å². The zero-order chi connectivity index (χ0) is 13.2. The summed E-state index contributed by atoms with van der Waals surface area (Å²) < 4.78 is 40.5. The van der Waals surface area contributed by atoms with Gasteiger partial charge in [-0.3, -0.25) is 0 Å². The molecule has 1 atom stereocenters. The van der Waals surface area contributed by atoms with Crippen molar-refractivity contribution in [1.29, 1.82) is 0 Å². The molecule has 18 heavy (non-hydrogen) atoms. The maximum absolute atomic E-state index is 13.5. The van der Waals surface area contributed by atoms with Gasteiger partial charge in [-0.1, -0.05) is 6.07 Å². The second kappa shape index (κ2) is 4.77. The van der Waals surface area contributed by atoms with Crippen molar-refractivity contribution in [1.82, 2.24) is 14.8 Å². The first-order chi connectivity index (χ1) is 8.55. The van der Waals surface area contributed by atoms with Crippen LogP contribution in [-0.4, -0.2) is 26.5 Å². The first-order valence-electron chi connectivity index (χ1n) is 5.11. The average molecular weight is 257 g/mol. The SMILES string of the molecule is OC(CF)(Cn1cncn1)c1ccc(F)cc1F. The molecular formula is C11H10F3N3O. The first-order valence-corrected chi connectivity index (χ1v) is 5.11. The molecule has 0 spiro atoms. The third-order valence-electron chi connectivity index (χ3n) is 2.54. The fourth-order valence-corrected chi connectivity index (χ4v) is 1.65. The van der Waals surface area contributed by atoms with Crippen molar-refractivity contribution in [3.63, 3.8) is 0 Å². The molecule has 4 nitrogen and oxygen atoms in total. The van der Waals surface area contributed by atoms with Crippen molar-refractivity contribution >= 4 is 0 Å². The second-order valence-corrected chi connectivity index (χ2v) is 3.88. The smallest absolute Gasteiger partial charge is 0.140 e. The normalized spacial score (nSPS) is 14.4. The highest BCUT2D eigenvalue weighted by atomic mass is 19.1. The Morgan fingerprint density at radius 1 is 1.33 bits per heavy atom. The van der Waals surface area contributed by atoms with Gasteiger partial charge in [0.15, 0.2) is 0 Å². The third-order valence-corrected chi connectivity index (χ3v) is 2.54. The van der Waals surface area contributed by atoms with E-state index in [0.717, 1.165) is 12.1 Å². The Morgan fingerprint density at radius 2 is 2.11 bits per heavy atom. The van der Waals surface area contributed by atoms with E-state index in [9.17, 15) is 18.3 Å². The van der Waals surface area contributed by atoms with E-state index in [-0.39, 0.29) is 12.1 Å². The molecule has 0 aliphatic rings. The minimum atomic E-state index is -2.11. The fourth-order valence-electron chi connectivity index (χ4n) is 1.65. The highest BCUT2D eigenvalue weighted by molar-refractivity contribution is 5.25. The Kier molecular flexibility index (Phi) is 3.33. The molecule has 1 N–H and O–H groups in total. The van der Waals surface area contributed by atoms with Crippen LogP contribution in [0.5, 0.6) is 0 Å². The maximum atomic E-state index is 13.5. The average Bonchev–Trinajstić information content (AvgIpc) is 2.81. The molecule has 0 saturated heterocycles. The molecule has 1 aromatic heterocycles. The quantitative estimate of drug-likeness (QED) is 0.901. The minimum Gasteiger partial charge on any atom is -0.380 e. The highest BCUT2D eigenvalue weighted by Gasteiger charge is 2.33. The number of benzene rings is 1. The van der Waals surface area contributed by atoms with Gasteiger partial charge in [-0.05, 0) is 6.07 Å². The Bertz CT molecular complexity index is 532. The number of nitrogens with zero attached hydrogens (tertiary/aromatic N) is 3. The van der Waals surface area contributed by atoms with Crippen LogP contribution in [0.4, 0.5) is 13.2 Å². The first kappa shape index (κ1) is 12.6. The van der Waals surface area contributed by atoms with Crippen molar-refractivity contribution in [2.75, 3.05) is 6.67 Å². The van der Waals surface area contributed by atoms with Gasteiger partial charge in [0.2, 0.25) is 0 Å². The van der Waals surface area contributed by atoms with Crippen LogP contribution < -0.4 is 0 Å². The molecule has 1 aromatic carbocycles. The van der Waals surface area contributed by atoms with Crippen LogP contribution in [0.2, 0.25) is 0 Å². The lowest BCUT2D eigenvalue weighted by atomic mass is 9.94. The Balaban J connectivity index is 2.36. The molecule has 1 unspecified atom stereocenters. The van der Waals surface area contributed by atoms with Crippen molar-refractivity contribution < 1.29 is 18.3 Å². The van der Waals surface area contributed by atoms with Crippen LogP contribution in [-0.2, 0) is 12.1 Å². The standard InChI is InChI=1S/C11H10F3N3O/c12-4-11(18,5-17-7-15-6-16-17)9-2-1-8(13)3-10(9)14/h1-3,6-7,18H,4-5H2. The lowest BCUT2D eigenvalue weighted by Crippen LogP contribution is -2.35. The van der Waals surface area contributed by atoms with E-state index in [4.69, 9.17) is 0 Å².